The molecule has 6 nitrogen and oxygen atoms in total. The number of nitrogens with zero attached hydrogens (tertiary/aromatic N) is 3. The third-order valence-corrected chi connectivity index (χ3v) is 4.64. The maximum absolute atomic E-state index is 14.2. The minimum absolute atomic E-state index is 0.126. The van der Waals surface area contributed by atoms with E-state index in [1.54, 1.807) is 6.20 Å². The molecule has 2 aromatic rings. The van der Waals surface area contributed by atoms with Gasteiger partial charge in [0.1, 0.15) is 12.3 Å². The Morgan fingerprint density at radius 2 is 2.19 bits per heavy atom. The molecule has 1 aromatic carbocycles. The zero-order valence-electron chi connectivity index (χ0n) is 14.5. The molecule has 1 aromatic heterocycles. The second-order valence-corrected chi connectivity index (χ2v) is 6.45. The molecular weight excluding hydrogens is 344 g/mol. The third-order valence-electron chi connectivity index (χ3n) is 4.64. The Kier molecular flexibility index (Phi) is 5.51. The summed E-state index contributed by atoms with van der Waals surface area (Å²) in [6.45, 7) is 1.48. The number of hydrogen-bond donors (Lipinski definition) is 1. The Morgan fingerprint density at radius 1 is 1.38 bits per heavy atom. The summed E-state index contributed by atoms with van der Waals surface area (Å²) in [7, 11) is 1.43. The summed E-state index contributed by atoms with van der Waals surface area (Å²) in [5, 5.41) is 13.2. The number of benzene rings is 1. The molecule has 1 aliphatic rings. The van der Waals surface area contributed by atoms with Gasteiger partial charge in [-0.1, -0.05) is 0 Å². The van der Waals surface area contributed by atoms with Gasteiger partial charge in [0.2, 0.25) is 0 Å². The molecular formula is C18H21F2N3O3. The molecule has 1 fully saturated rings. The van der Waals surface area contributed by atoms with Gasteiger partial charge in [0.25, 0.3) is 0 Å². The molecule has 8 heteroatoms. The third kappa shape index (κ3) is 4.01. The van der Waals surface area contributed by atoms with Gasteiger partial charge in [-0.3, -0.25) is 14.4 Å². The standard InChI is InChI=1S/C18H21F2N3O3/c1-26-16-5-4-14(19)18(20)13(16)10-22-7-2-3-12(9-22)15-6-8-23(21-15)11-17(24)25/h4-6,8,12H,2-3,7,9-11H2,1H3,(H,24,25). The van der Waals surface area contributed by atoms with E-state index < -0.39 is 17.6 Å². The normalized spacial score (nSPS) is 18.0. The fourth-order valence-corrected chi connectivity index (χ4v) is 3.40. The number of carboxylic acids is 1. The van der Waals surface area contributed by atoms with E-state index in [1.165, 1.54) is 17.9 Å². The minimum atomic E-state index is -0.946. The molecule has 1 aliphatic heterocycles. The number of rotatable bonds is 6. The molecule has 1 N–H and O–H groups in total. The number of halogens is 2. The number of piperidine rings is 1. The summed E-state index contributed by atoms with van der Waals surface area (Å²) >= 11 is 0. The highest BCUT2D eigenvalue weighted by atomic mass is 19.2. The Hall–Kier alpha value is -2.48. The van der Waals surface area contributed by atoms with Crippen LogP contribution >= 0.6 is 0 Å². The molecule has 3 rings (SSSR count). The number of methoxy groups -OCH3 is 1. The fourth-order valence-electron chi connectivity index (χ4n) is 3.40. The van der Waals surface area contributed by atoms with Crippen molar-refractivity contribution in [2.75, 3.05) is 20.2 Å². The number of carboxylic acid groups (broad SMARTS) is 1. The highest BCUT2D eigenvalue weighted by Gasteiger charge is 2.25. The number of carbonyl (C=O) groups is 1. The molecule has 0 radical (unpaired) electrons. The van der Waals surface area contributed by atoms with Crippen molar-refractivity contribution in [3.63, 3.8) is 0 Å². The van der Waals surface area contributed by atoms with Crippen LogP contribution in [0.2, 0.25) is 0 Å². The van der Waals surface area contributed by atoms with Crippen LogP contribution in [0.3, 0.4) is 0 Å². The van der Waals surface area contributed by atoms with E-state index >= 15 is 0 Å². The zero-order chi connectivity index (χ0) is 18.7. The Bertz CT molecular complexity index is 794. The monoisotopic (exact) mass is 365 g/mol. The van der Waals surface area contributed by atoms with Crippen molar-refractivity contribution in [3.05, 3.63) is 47.3 Å². The van der Waals surface area contributed by atoms with Gasteiger partial charge < -0.3 is 9.84 Å². The lowest BCUT2D eigenvalue weighted by atomic mass is 9.94. The molecule has 0 bridgehead atoms. The topological polar surface area (TPSA) is 67.6 Å². The van der Waals surface area contributed by atoms with E-state index in [0.29, 0.717) is 12.3 Å². The van der Waals surface area contributed by atoms with Gasteiger partial charge in [-0.05, 0) is 37.6 Å². The Labute approximate surface area is 150 Å². The highest BCUT2D eigenvalue weighted by molar-refractivity contribution is 5.66. The molecule has 0 amide bonds. The second-order valence-electron chi connectivity index (χ2n) is 6.45. The predicted molar refractivity (Wildman–Crippen MR) is 90.0 cm³/mol. The van der Waals surface area contributed by atoms with Gasteiger partial charge in [-0.2, -0.15) is 5.10 Å². The SMILES string of the molecule is COc1ccc(F)c(F)c1CN1CCCC(c2ccn(CC(=O)O)n2)C1. The molecule has 2 heterocycles. The van der Waals surface area contributed by atoms with Crippen LogP contribution in [-0.4, -0.2) is 46.0 Å². The molecule has 0 aliphatic carbocycles. The van der Waals surface area contributed by atoms with Gasteiger partial charge in [0, 0.05) is 30.8 Å². The summed E-state index contributed by atoms with van der Waals surface area (Å²) in [6, 6.07) is 4.31. The van der Waals surface area contributed by atoms with Crippen molar-refractivity contribution in [2.45, 2.75) is 31.8 Å². The molecule has 26 heavy (non-hydrogen) atoms. The van der Waals surface area contributed by atoms with E-state index in [4.69, 9.17) is 9.84 Å². The van der Waals surface area contributed by atoms with Crippen LogP contribution in [0.1, 0.15) is 30.0 Å². The second kappa shape index (κ2) is 7.82. The molecule has 1 saturated heterocycles. The summed E-state index contributed by atoms with van der Waals surface area (Å²) in [6.07, 6.45) is 3.47. The van der Waals surface area contributed by atoms with Crippen LogP contribution in [0.4, 0.5) is 8.78 Å². The highest BCUT2D eigenvalue weighted by Crippen LogP contribution is 2.30. The van der Waals surface area contributed by atoms with Gasteiger partial charge >= 0.3 is 5.97 Å². The first-order valence-electron chi connectivity index (χ1n) is 8.46. The number of aliphatic carboxylic acids is 1. The molecule has 1 atom stereocenters. The first kappa shape index (κ1) is 18.3. The van der Waals surface area contributed by atoms with Gasteiger partial charge in [-0.25, -0.2) is 8.78 Å². The summed E-state index contributed by atoms with van der Waals surface area (Å²) in [5.41, 5.74) is 1.03. The van der Waals surface area contributed by atoms with Crippen molar-refractivity contribution in [1.82, 2.24) is 14.7 Å². The molecule has 140 valence electrons. The maximum Gasteiger partial charge on any atom is 0.325 e. The van der Waals surface area contributed by atoms with E-state index in [0.717, 1.165) is 31.1 Å². The molecule has 0 spiro atoms. The Morgan fingerprint density at radius 3 is 2.92 bits per heavy atom. The van der Waals surface area contributed by atoms with Crippen molar-refractivity contribution < 1.29 is 23.4 Å². The first-order valence-corrected chi connectivity index (χ1v) is 8.46. The van der Waals surface area contributed by atoms with Crippen molar-refractivity contribution >= 4 is 5.97 Å². The van der Waals surface area contributed by atoms with E-state index in [2.05, 4.69) is 5.10 Å². The quantitative estimate of drug-likeness (QED) is 0.852. The lowest BCUT2D eigenvalue weighted by Crippen LogP contribution is -2.34. The van der Waals surface area contributed by atoms with Crippen LogP contribution in [0.5, 0.6) is 5.75 Å². The minimum Gasteiger partial charge on any atom is -0.496 e. The first-order chi connectivity index (χ1) is 12.5. The summed E-state index contributed by atoms with van der Waals surface area (Å²) in [5.74, 6) is -2.25. The number of likely N-dealkylation sites (tertiary alicyclic amines) is 1. The van der Waals surface area contributed by atoms with Crippen molar-refractivity contribution in [3.8, 4) is 5.75 Å². The van der Waals surface area contributed by atoms with Crippen LogP contribution in [0, 0.1) is 11.6 Å². The maximum atomic E-state index is 14.2. The summed E-state index contributed by atoms with van der Waals surface area (Å²) in [4.78, 5) is 12.8. The lowest BCUT2D eigenvalue weighted by Gasteiger charge is -2.32. The van der Waals surface area contributed by atoms with Gasteiger partial charge in [0.05, 0.1) is 12.8 Å². The van der Waals surface area contributed by atoms with E-state index in [1.807, 2.05) is 11.0 Å². The molecule has 0 saturated carbocycles. The van der Waals surface area contributed by atoms with Crippen LogP contribution in [0.25, 0.3) is 0 Å². The average Bonchev–Trinajstić information content (AvgIpc) is 3.07. The zero-order valence-corrected chi connectivity index (χ0v) is 14.5. The average molecular weight is 365 g/mol. The smallest absolute Gasteiger partial charge is 0.325 e. The lowest BCUT2D eigenvalue weighted by molar-refractivity contribution is -0.137. The largest absolute Gasteiger partial charge is 0.496 e. The number of ether oxygens (including phenoxy) is 1. The molecule has 1 unspecified atom stereocenters. The van der Waals surface area contributed by atoms with Crippen molar-refractivity contribution in [1.29, 1.82) is 0 Å². The van der Waals surface area contributed by atoms with Crippen molar-refractivity contribution in [2.24, 2.45) is 0 Å². The van der Waals surface area contributed by atoms with Crippen LogP contribution in [-0.2, 0) is 17.9 Å². The number of hydrogen-bond acceptors (Lipinski definition) is 4. The summed E-state index contributed by atoms with van der Waals surface area (Å²) < 4.78 is 34.3. The van der Waals surface area contributed by atoms with Crippen LogP contribution in [0.15, 0.2) is 24.4 Å². The van der Waals surface area contributed by atoms with Crippen LogP contribution < -0.4 is 4.74 Å². The van der Waals surface area contributed by atoms with E-state index in [9.17, 15) is 13.6 Å². The predicted octanol–water partition coefficient (Wildman–Crippen LogP) is 2.63. The Balaban J connectivity index is 1.72. The van der Waals surface area contributed by atoms with E-state index in [-0.39, 0.29) is 24.6 Å². The fraction of sp³-hybridized carbons (Fsp3) is 0.444. The van der Waals surface area contributed by atoms with Gasteiger partial charge in [0.15, 0.2) is 11.6 Å². The number of aromatic nitrogens is 2. The van der Waals surface area contributed by atoms with Gasteiger partial charge in [-0.15, -0.1) is 0 Å².